The highest BCUT2D eigenvalue weighted by molar-refractivity contribution is 7.71. The van der Waals surface area contributed by atoms with Crippen molar-refractivity contribution in [1.29, 1.82) is 0 Å². The Morgan fingerprint density at radius 2 is 2.10 bits per heavy atom. The third-order valence-corrected chi connectivity index (χ3v) is 5.05. The molecule has 0 radical (unpaired) electrons. The highest BCUT2D eigenvalue weighted by Crippen LogP contribution is 2.36. The number of para-hydroxylation sites is 1. The highest BCUT2D eigenvalue weighted by Gasteiger charge is 2.23. The fourth-order valence-electron chi connectivity index (χ4n) is 3.63. The van der Waals surface area contributed by atoms with E-state index in [1.54, 1.807) is 0 Å². The van der Waals surface area contributed by atoms with Gasteiger partial charge < -0.3 is 14.3 Å². The topological polar surface area (TPSA) is 29.9 Å². The smallest absolute Gasteiger partial charge is 0.178 e. The molecule has 21 heavy (non-hydrogen) atoms. The SMILES string of the molecule is CCOc1cccc2c1[nH]c(=S)n2C(C)C1CCCCC1. The maximum atomic E-state index is 5.72. The van der Waals surface area contributed by atoms with Crippen LogP contribution < -0.4 is 4.74 Å². The molecule has 0 amide bonds. The minimum Gasteiger partial charge on any atom is -0.492 e. The summed E-state index contributed by atoms with van der Waals surface area (Å²) < 4.78 is 8.83. The van der Waals surface area contributed by atoms with Gasteiger partial charge in [-0.2, -0.15) is 0 Å². The van der Waals surface area contributed by atoms with Gasteiger partial charge in [0.2, 0.25) is 0 Å². The molecular weight excluding hydrogens is 280 g/mol. The molecule has 2 aromatic rings. The van der Waals surface area contributed by atoms with Crippen molar-refractivity contribution in [3.63, 3.8) is 0 Å². The summed E-state index contributed by atoms with van der Waals surface area (Å²) in [6.07, 6.45) is 6.74. The summed E-state index contributed by atoms with van der Waals surface area (Å²) in [5, 5.41) is 0. The summed E-state index contributed by atoms with van der Waals surface area (Å²) in [5.41, 5.74) is 2.20. The van der Waals surface area contributed by atoms with E-state index in [0.29, 0.717) is 12.6 Å². The molecule has 0 bridgehead atoms. The van der Waals surface area contributed by atoms with E-state index in [1.807, 2.05) is 13.0 Å². The fraction of sp³-hybridized carbons (Fsp3) is 0.588. The Labute approximate surface area is 131 Å². The lowest BCUT2D eigenvalue weighted by molar-refractivity contribution is 0.266. The van der Waals surface area contributed by atoms with E-state index in [1.165, 1.54) is 37.6 Å². The minimum atomic E-state index is 0.448. The number of aromatic amines is 1. The van der Waals surface area contributed by atoms with Crippen molar-refractivity contribution in [2.24, 2.45) is 5.92 Å². The van der Waals surface area contributed by atoms with Crippen molar-refractivity contribution in [1.82, 2.24) is 9.55 Å². The molecule has 1 aliphatic rings. The molecule has 1 aromatic heterocycles. The Morgan fingerprint density at radius 3 is 2.81 bits per heavy atom. The van der Waals surface area contributed by atoms with Crippen LogP contribution in [0.25, 0.3) is 11.0 Å². The molecular formula is C17H24N2OS. The third-order valence-electron chi connectivity index (χ3n) is 4.75. The number of hydrogen-bond acceptors (Lipinski definition) is 2. The van der Waals surface area contributed by atoms with Crippen molar-refractivity contribution in [3.8, 4) is 5.75 Å². The van der Waals surface area contributed by atoms with Crippen LogP contribution in [0, 0.1) is 10.7 Å². The molecule has 3 rings (SSSR count). The summed E-state index contributed by atoms with van der Waals surface area (Å²) in [5.74, 6) is 1.64. The lowest BCUT2D eigenvalue weighted by Crippen LogP contribution is -2.19. The van der Waals surface area contributed by atoms with Crippen LogP contribution in [-0.2, 0) is 0 Å². The second-order valence-electron chi connectivity index (χ2n) is 6.02. The number of benzene rings is 1. The normalized spacial score (nSPS) is 18.0. The molecule has 0 spiro atoms. The van der Waals surface area contributed by atoms with E-state index in [-0.39, 0.29) is 0 Å². The van der Waals surface area contributed by atoms with Gasteiger partial charge in [0.15, 0.2) is 4.77 Å². The summed E-state index contributed by atoms with van der Waals surface area (Å²) in [7, 11) is 0. The predicted octanol–water partition coefficient (Wildman–Crippen LogP) is 5.24. The number of aromatic nitrogens is 2. The molecule has 1 aromatic carbocycles. The number of H-pyrrole nitrogens is 1. The van der Waals surface area contributed by atoms with E-state index in [0.717, 1.165) is 22.0 Å². The van der Waals surface area contributed by atoms with Gasteiger partial charge in [0.05, 0.1) is 12.1 Å². The Kier molecular flexibility index (Phi) is 4.34. The number of nitrogens with zero attached hydrogens (tertiary/aromatic N) is 1. The van der Waals surface area contributed by atoms with E-state index < -0.39 is 0 Å². The minimum absolute atomic E-state index is 0.448. The molecule has 1 unspecified atom stereocenters. The van der Waals surface area contributed by atoms with Crippen molar-refractivity contribution in [3.05, 3.63) is 23.0 Å². The first-order valence-corrected chi connectivity index (χ1v) is 8.49. The maximum Gasteiger partial charge on any atom is 0.178 e. The number of hydrogen-bond donors (Lipinski definition) is 1. The van der Waals surface area contributed by atoms with Crippen molar-refractivity contribution >= 4 is 23.3 Å². The van der Waals surface area contributed by atoms with E-state index in [2.05, 4.69) is 28.6 Å². The van der Waals surface area contributed by atoms with E-state index in [9.17, 15) is 0 Å². The molecule has 1 aliphatic carbocycles. The van der Waals surface area contributed by atoms with Gasteiger partial charge in [0.1, 0.15) is 11.3 Å². The van der Waals surface area contributed by atoms with Crippen molar-refractivity contribution < 1.29 is 4.74 Å². The van der Waals surface area contributed by atoms with Gasteiger partial charge >= 0.3 is 0 Å². The zero-order valence-electron chi connectivity index (χ0n) is 12.9. The van der Waals surface area contributed by atoms with Crippen LogP contribution in [0.5, 0.6) is 5.75 Å². The molecule has 4 heteroatoms. The van der Waals surface area contributed by atoms with Crippen molar-refractivity contribution in [2.45, 2.75) is 52.0 Å². The van der Waals surface area contributed by atoms with Crippen LogP contribution in [-0.4, -0.2) is 16.2 Å². The Morgan fingerprint density at radius 1 is 1.33 bits per heavy atom. The molecule has 1 atom stereocenters. The monoisotopic (exact) mass is 304 g/mol. The summed E-state index contributed by atoms with van der Waals surface area (Å²) >= 11 is 5.59. The lowest BCUT2D eigenvalue weighted by atomic mass is 9.84. The van der Waals surface area contributed by atoms with Gasteiger partial charge in [-0.15, -0.1) is 0 Å². The van der Waals surface area contributed by atoms with E-state index >= 15 is 0 Å². The van der Waals surface area contributed by atoms with Gasteiger partial charge in [0.25, 0.3) is 0 Å². The number of fused-ring (bicyclic) bond motifs is 1. The predicted molar refractivity (Wildman–Crippen MR) is 89.6 cm³/mol. The van der Waals surface area contributed by atoms with Crippen LogP contribution in [0.3, 0.4) is 0 Å². The molecule has 1 saturated carbocycles. The molecule has 114 valence electrons. The maximum absolute atomic E-state index is 5.72. The number of ether oxygens (including phenoxy) is 1. The standard InChI is InChI=1S/C17H24N2OS/c1-3-20-15-11-7-10-14-16(15)18-17(21)19(14)12(2)13-8-5-4-6-9-13/h7,10-13H,3-6,8-9H2,1-2H3,(H,18,21). The van der Waals surface area contributed by atoms with Gasteiger partial charge in [0, 0.05) is 6.04 Å². The molecule has 0 saturated heterocycles. The molecule has 1 N–H and O–H groups in total. The highest BCUT2D eigenvalue weighted by atomic mass is 32.1. The number of nitrogens with one attached hydrogen (secondary N) is 1. The zero-order valence-corrected chi connectivity index (χ0v) is 13.7. The zero-order chi connectivity index (χ0) is 14.8. The Bertz CT molecular complexity index is 667. The average Bonchev–Trinajstić information content (AvgIpc) is 2.85. The summed E-state index contributed by atoms with van der Waals surface area (Å²) in [4.78, 5) is 3.35. The van der Waals surface area contributed by atoms with Gasteiger partial charge in [-0.05, 0) is 57.0 Å². The van der Waals surface area contributed by atoms with Crippen LogP contribution in [0.1, 0.15) is 52.0 Å². The number of imidazole rings is 1. The molecule has 0 aliphatic heterocycles. The largest absolute Gasteiger partial charge is 0.492 e. The van der Waals surface area contributed by atoms with Crippen LogP contribution in [0.4, 0.5) is 0 Å². The van der Waals surface area contributed by atoms with Crippen molar-refractivity contribution in [2.75, 3.05) is 6.61 Å². The summed E-state index contributed by atoms with van der Waals surface area (Å²) in [6, 6.07) is 6.65. The molecule has 1 heterocycles. The van der Waals surface area contributed by atoms with Crippen LogP contribution >= 0.6 is 12.2 Å². The Hall–Kier alpha value is -1.29. The molecule has 3 nitrogen and oxygen atoms in total. The first kappa shape index (κ1) is 14.6. The lowest BCUT2D eigenvalue weighted by Gasteiger charge is -2.29. The first-order chi connectivity index (χ1) is 10.2. The van der Waals surface area contributed by atoms with Gasteiger partial charge in [-0.25, -0.2) is 0 Å². The van der Waals surface area contributed by atoms with Gasteiger partial charge in [-0.1, -0.05) is 25.3 Å². The number of rotatable bonds is 4. The van der Waals surface area contributed by atoms with Gasteiger partial charge in [-0.3, -0.25) is 0 Å². The molecule has 1 fully saturated rings. The second-order valence-corrected chi connectivity index (χ2v) is 6.41. The quantitative estimate of drug-likeness (QED) is 0.783. The fourth-order valence-corrected chi connectivity index (χ4v) is 4.00. The third kappa shape index (κ3) is 2.73. The van der Waals surface area contributed by atoms with Crippen LogP contribution in [0.2, 0.25) is 0 Å². The summed E-state index contributed by atoms with van der Waals surface area (Å²) in [6.45, 7) is 4.99. The van der Waals surface area contributed by atoms with Crippen LogP contribution in [0.15, 0.2) is 18.2 Å². The first-order valence-electron chi connectivity index (χ1n) is 8.08. The van der Waals surface area contributed by atoms with E-state index in [4.69, 9.17) is 17.0 Å². The average molecular weight is 304 g/mol. The second kappa shape index (κ2) is 6.22. The Balaban J connectivity index is 2.03.